The monoisotopic (exact) mass is 665 g/mol. The fraction of sp³-hybridized carbons (Fsp3) is 0.483. The predicted octanol–water partition coefficient (Wildman–Crippen LogP) is 5.06. The first kappa shape index (κ1) is 31.3. The fourth-order valence-corrected chi connectivity index (χ4v) is 7.67. The molecule has 0 radical (unpaired) electrons. The molecule has 0 saturated carbocycles. The van der Waals surface area contributed by atoms with Gasteiger partial charge in [-0.15, -0.1) is 16.9 Å². The number of alkyl halides is 3. The van der Waals surface area contributed by atoms with Crippen LogP contribution in [0.5, 0.6) is 0 Å². The van der Waals surface area contributed by atoms with Crippen LogP contribution in [0.2, 0.25) is 5.02 Å². The zero-order chi connectivity index (χ0) is 32.6. The molecule has 16 heteroatoms. The van der Waals surface area contributed by atoms with Crippen molar-refractivity contribution in [1.29, 1.82) is 0 Å². The van der Waals surface area contributed by atoms with E-state index >= 15 is 0 Å². The summed E-state index contributed by atoms with van der Waals surface area (Å²) < 4.78 is 52.6. The van der Waals surface area contributed by atoms with Gasteiger partial charge in [0, 0.05) is 30.4 Å². The topological polar surface area (TPSA) is 107 Å². The van der Waals surface area contributed by atoms with E-state index in [1.165, 1.54) is 13.6 Å². The van der Waals surface area contributed by atoms with E-state index in [0.29, 0.717) is 5.65 Å². The molecule has 2 aliphatic rings. The average Bonchev–Trinajstić information content (AvgIpc) is 3.12. The molecule has 0 aliphatic carbocycles. The molecule has 0 bridgehead atoms. The molecule has 0 N–H and O–H groups in total. The van der Waals surface area contributed by atoms with Crippen LogP contribution in [0.25, 0.3) is 16.6 Å². The van der Waals surface area contributed by atoms with Gasteiger partial charge in [0.05, 0.1) is 45.7 Å². The quantitative estimate of drug-likeness (QED) is 0.293. The lowest BCUT2D eigenvalue weighted by molar-refractivity contribution is -0.137. The van der Waals surface area contributed by atoms with E-state index in [-0.39, 0.29) is 47.0 Å². The highest BCUT2D eigenvalue weighted by atomic mass is 35.5. The van der Waals surface area contributed by atoms with Crippen LogP contribution in [0.1, 0.15) is 46.2 Å². The van der Waals surface area contributed by atoms with Crippen molar-refractivity contribution >= 4 is 51.8 Å². The standard InChI is InChI=1S/C29H31ClF3N7O4S/c1-15-11-36(12-16(2)39(15)27(43)44-28(3,4)5)24-18-10-19(29(31,32)33)21(30)23-22(18)38(25(41)34-24)13-17(14-45-23)40-26(42)37-9-7-6-8-20(37)35-40/h6-10,15-17H,11-14H2,1-5H3/t15-,16+,17-/m0/s1. The number of ether oxygens (including phenoxy) is 1. The van der Waals surface area contributed by atoms with Crippen LogP contribution in [0.15, 0.2) is 44.9 Å². The molecule has 11 nitrogen and oxygen atoms in total. The number of carbonyl (C=O) groups excluding carboxylic acids is 1. The summed E-state index contributed by atoms with van der Waals surface area (Å²) in [4.78, 5) is 47.6. The Morgan fingerprint density at radius 2 is 1.78 bits per heavy atom. The maximum absolute atomic E-state index is 14.4. The number of nitrogens with zero attached hydrogens (tertiary/aromatic N) is 7. The minimum atomic E-state index is -4.79. The first-order chi connectivity index (χ1) is 21.0. The van der Waals surface area contributed by atoms with Gasteiger partial charge >= 0.3 is 23.6 Å². The molecule has 3 aromatic heterocycles. The normalized spacial score (nSPS) is 21.0. The Bertz CT molecular complexity index is 1940. The highest BCUT2D eigenvalue weighted by Gasteiger charge is 2.40. The Kier molecular flexibility index (Phi) is 7.62. The Balaban J connectivity index is 1.48. The van der Waals surface area contributed by atoms with Crippen molar-refractivity contribution in [2.75, 3.05) is 23.7 Å². The third-order valence-electron chi connectivity index (χ3n) is 7.88. The lowest BCUT2D eigenvalue weighted by Gasteiger charge is -2.45. The van der Waals surface area contributed by atoms with E-state index < -0.39 is 58.0 Å². The average molecular weight is 666 g/mol. The largest absolute Gasteiger partial charge is 0.444 e. The highest BCUT2D eigenvalue weighted by Crippen LogP contribution is 2.47. The van der Waals surface area contributed by atoms with Gasteiger partial charge in [-0.05, 0) is 52.8 Å². The number of thioether (sulfide) groups is 1. The van der Waals surface area contributed by atoms with Crippen LogP contribution in [0, 0.1) is 0 Å². The first-order valence-electron chi connectivity index (χ1n) is 14.3. The molecule has 1 fully saturated rings. The van der Waals surface area contributed by atoms with Crippen molar-refractivity contribution in [3.05, 3.63) is 62.0 Å². The van der Waals surface area contributed by atoms with Crippen LogP contribution in [0.3, 0.4) is 0 Å². The Morgan fingerprint density at radius 1 is 1.09 bits per heavy atom. The van der Waals surface area contributed by atoms with E-state index in [4.69, 9.17) is 16.3 Å². The van der Waals surface area contributed by atoms with E-state index in [9.17, 15) is 27.6 Å². The zero-order valence-corrected chi connectivity index (χ0v) is 26.7. The number of anilines is 1. The first-order valence-corrected chi connectivity index (χ1v) is 15.7. The van der Waals surface area contributed by atoms with Gasteiger partial charge in [-0.3, -0.25) is 13.9 Å². The van der Waals surface area contributed by atoms with Gasteiger partial charge in [-0.2, -0.15) is 18.2 Å². The van der Waals surface area contributed by atoms with Gasteiger partial charge in [0.25, 0.3) is 0 Å². The highest BCUT2D eigenvalue weighted by molar-refractivity contribution is 7.99. The number of hydrogen-bond donors (Lipinski definition) is 0. The van der Waals surface area contributed by atoms with Gasteiger partial charge < -0.3 is 9.64 Å². The molecule has 1 amide bonds. The van der Waals surface area contributed by atoms with E-state index in [1.54, 1.807) is 68.8 Å². The molecule has 1 aromatic carbocycles. The van der Waals surface area contributed by atoms with Gasteiger partial charge in [0.1, 0.15) is 11.4 Å². The van der Waals surface area contributed by atoms with Crippen LogP contribution < -0.4 is 16.3 Å². The molecule has 0 unspecified atom stereocenters. The van der Waals surface area contributed by atoms with Crippen molar-refractivity contribution in [2.24, 2.45) is 0 Å². The summed E-state index contributed by atoms with van der Waals surface area (Å²) in [6.07, 6.45) is -3.72. The number of benzene rings is 1. The minimum Gasteiger partial charge on any atom is -0.444 e. The number of halogens is 4. The van der Waals surface area contributed by atoms with E-state index in [1.807, 2.05) is 0 Å². The summed E-state index contributed by atoms with van der Waals surface area (Å²) in [5, 5.41) is 3.99. The number of carbonyl (C=O) groups is 1. The molecule has 240 valence electrons. The third kappa shape index (κ3) is 5.53. The number of pyridine rings is 1. The number of aromatic nitrogens is 5. The second-order valence-corrected chi connectivity index (χ2v) is 13.8. The number of fused-ring (bicyclic) bond motifs is 1. The molecule has 5 heterocycles. The summed E-state index contributed by atoms with van der Waals surface area (Å²) >= 11 is 7.49. The second-order valence-electron chi connectivity index (χ2n) is 12.4. The van der Waals surface area contributed by atoms with Crippen molar-refractivity contribution in [2.45, 2.75) is 76.0 Å². The predicted molar refractivity (Wildman–Crippen MR) is 164 cm³/mol. The van der Waals surface area contributed by atoms with Crippen molar-refractivity contribution in [3.63, 3.8) is 0 Å². The van der Waals surface area contributed by atoms with Gasteiger partial charge in [0.15, 0.2) is 5.65 Å². The summed E-state index contributed by atoms with van der Waals surface area (Å²) in [5.74, 6) is 0.195. The summed E-state index contributed by atoms with van der Waals surface area (Å²) in [6, 6.07) is 4.50. The van der Waals surface area contributed by atoms with Crippen LogP contribution >= 0.6 is 23.4 Å². The zero-order valence-electron chi connectivity index (χ0n) is 25.1. The molecule has 0 spiro atoms. The lowest BCUT2D eigenvalue weighted by Crippen LogP contribution is -2.59. The number of hydrogen-bond acceptors (Lipinski definition) is 8. The van der Waals surface area contributed by atoms with Crippen LogP contribution in [-0.4, -0.2) is 71.3 Å². The number of amides is 1. The molecule has 6 rings (SSSR count). The summed E-state index contributed by atoms with van der Waals surface area (Å²) in [6.45, 7) is 9.24. The van der Waals surface area contributed by atoms with Crippen LogP contribution in [-0.2, 0) is 17.5 Å². The van der Waals surface area contributed by atoms with Gasteiger partial charge in [-0.25, -0.2) is 19.1 Å². The van der Waals surface area contributed by atoms with E-state index in [0.717, 1.165) is 17.8 Å². The maximum Gasteiger partial charge on any atom is 0.417 e. The van der Waals surface area contributed by atoms with Crippen molar-refractivity contribution < 1.29 is 22.7 Å². The van der Waals surface area contributed by atoms with Crippen molar-refractivity contribution in [3.8, 4) is 0 Å². The molecule has 1 saturated heterocycles. The van der Waals surface area contributed by atoms with E-state index in [2.05, 4.69) is 10.1 Å². The fourth-order valence-electron chi connectivity index (χ4n) is 6.06. The SMILES string of the molecule is C[C@@H]1CN(c2nc(=O)n3c4c(c(Cl)c(C(F)(F)F)cc24)SC[C@@H](n2nc4ccccn4c2=O)C3)C[C@H](C)N1C(=O)OC(C)(C)C. The maximum atomic E-state index is 14.4. The molecule has 45 heavy (non-hydrogen) atoms. The van der Waals surface area contributed by atoms with Crippen LogP contribution in [0.4, 0.5) is 23.8 Å². The summed E-state index contributed by atoms with van der Waals surface area (Å²) in [7, 11) is 0. The molecular formula is C29H31ClF3N7O4S. The van der Waals surface area contributed by atoms with Gasteiger partial charge in [0.2, 0.25) is 0 Å². The Hall–Kier alpha value is -3.72. The summed E-state index contributed by atoms with van der Waals surface area (Å²) in [5.41, 5.74) is -2.30. The Labute approximate surface area is 264 Å². The molecule has 2 aliphatic heterocycles. The Morgan fingerprint density at radius 3 is 2.40 bits per heavy atom. The van der Waals surface area contributed by atoms with Crippen molar-refractivity contribution in [1.82, 2.24) is 28.6 Å². The van der Waals surface area contributed by atoms with Gasteiger partial charge in [-0.1, -0.05) is 17.7 Å². The minimum absolute atomic E-state index is 0.0622. The smallest absolute Gasteiger partial charge is 0.417 e. The molecule has 3 atom stereocenters. The lowest BCUT2D eigenvalue weighted by atomic mass is 10.1. The third-order valence-corrected chi connectivity index (χ3v) is 9.62. The molecule has 4 aromatic rings. The number of rotatable bonds is 2. The molecular weight excluding hydrogens is 635 g/mol. The second kappa shape index (κ2) is 11.0. The number of piperazine rings is 1.